The lowest BCUT2D eigenvalue weighted by atomic mass is 10.3. The second kappa shape index (κ2) is 5.99. The van der Waals surface area contributed by atoms with Gasteiger partial charge in [0, 0.05) is 26.8 Å². The second-order valence-electron chi connectivity index (χ2n) is 4.90. The third-order valence-electron chi connectivity index (χ3n) is 3.38. The fourth-order valence-electron chi connectivity index (χ4n) is 2.17. The molecule has 0 unspecified atom stereocenters. The summed E-state index contributed by atoms with van der Waals surface area (Å²) in [5, 5.41) is 0. The van der Waals surface area contributed by atoms with E-state index in [0.29, 0.717) is 0 Å². The number of hydrogen-bond donors (Lipinski definition) is 0. The van der Waals surface area contributed by atoms with Crippen molar-refractivity contribution in [3.05, 3.63) is 57.1 Å². The molecule has 1 aromatic carbocycles. The smallest absolute Gasteiger partial charge is 0.302 e. The number of hydrogen-bond acceptors (Lipinski definition) is 4. The molecule has 2 aromatic rings. The average molecular weight is 341 g/mol. The number of nitrogens with zero attached hydrogens (tertiary/aromatic N) is 3. The number of rotatable bonds is 4. The van der Waals surface area contributed by atoms with E-state index in [1.165, 1.54) is 26.2 Å². The van der Waals surface area contributed by atoms with Crippen LogP contribution in [0.15, 0.2) is 44.9 Å². The average Bonchev–Trinajstić information content (AvgIpc) is 2.51. The normalized spacial score (nSPS) is 11.5. The molecule has 0 bridgehead atoms. The van der Waals surface area contributed by atoms with Crippen molar-refractivity contribution in [1.82, 2.24) is 9.13 Å². The first-order chi connectivity index (χ1) is 10.7. The van der Waals surface area contributed by atoms with Gasteiger partial charge in [-0.3, -0.25) is 13.7 Å². The first-order valence-corrected chi connectivity index (χ1v) is 8.19. The first kappa shape index (κ1) is 16.9. The number of aryl methyl sites for hydroxylation is 1. The van der Waals surface area contributed by atoms with Gasteiger partial charge in [-0.25, -0.2) is 17.6 Å². The van der Waals surface area contributed by atoms with Crippen molar-refractivity contribution >= 4 is 15.7 Å². The molecule has 0 amide bonds. The Morgan fingerprint density at radius 3 is 2.22 bits per heavy atom. The zero-order valence-corrected chi connectivity index (χ0v) is 13.7. The highest BCUT2D eigenvalue weighted by atomic mass is 32.2. The van der Waals surface area contributed by atoms with Gasteiger partial charge in [0.2, 0.25) is 0 Å². The zero-order chi connectivity index (χ0) is 17.4. The van der Waals surface area contributed by atoms with Crippen LogP contribution < -0.4 is 15.6 Å². The fourth-order valence-corrected chi connectivity index (χ4v) is 3.79. The molecule has 0 fully saturated rings. The number of halogens is 1. The number of sulfonamides is 1. The van der Waals surface area contributed by atoms with Gasteiger partial charge in [0.15, 0.2) is 4.90 Å². The summed E-state index contributed by atoms with van der Waals surface area (Å²) < 4.78 is 41.3. The molecule has 0 saturated heterocycles. The van der Waals surface area contributed by atoms with Crippen LogP contribution in [0.4, 0.5) is 10.1 Å². The lowest BCUT2D eigenvalue weighted by Gasteiger charge is -2.22. The van der Waals surface area contributed by atoms with E-state index in [9.17, 15) is 22.4 Å². The quantitative estimate of drug-likeness (QED) is 0.808. The van der Waals surface area contributed by atoms with Gasteiger partial charge >= 0.3 is 5.69 Å². The number of aromatic nitrogens is 2. The highest BCUT2D eigenvalue weighted by Gasteiger charge is 2.28. The highest BCUT2D eigenvalue weighted by Crippen LogP contribution is 2.21. The summed E-state index contributed by atoms with van der Waals surface area (Å²) in [5.74, 6) is -0.500. The summed E-state index contributed by atoms with van der Waals surface area (Å²) >= 11 is 0. The molecule has 124 valence electrons. The van der Waals surface area contributed by atoms with Crippen LogP contribution in [0, 0.1) is 5.82 Å². The van der Waals surface area contributed by atoms with Crippen LogP contribution in [0.5, 0.6) is 0 Å². The van der Waals surface area contributed by atoms with E-state index in [0.717, 1.165) is 31.8 Å². The maximum absolute atomic E-state index is 13.0. The van der Waals surface area contributed by atoms with Crippen LogP contribution in [-0.2, 0) is 24.1 Å². The zero-order valence-electron chi connectivity index (χ0n) is 12.9. The van der Waals surface area contributed by atoms with Gasteiger partial charge in [-0.1, -0.05) is 0 Å². The van der Waals surface area contributed by atoms with Crippen LogP contribution in [0.1, 0.15) is 6.92 Å². The predicted molar refractivity (Wildman–Crippen MR) is 83.5 cm³/mol. The Kier molecular flexibility index (Phi) is 4.42. The summed E-state index contributed by atoms with van der Waals surface area (Å²) in [7, 11) is -1.63. The number of benzene rings is 1. The molecule has 23 heavy (non-hydrogen) atoms. The van der Waals surface area contributed by atoms with Crippen molar-refractivity contribution in [3.8, 4) is 0 Å². The summed E-state index contributed by atoms with van der Waals surface area (Å²) in [6.45, 7) is 1.63. The molecule has 0 spiro atoms. The molecule has 1 heterocycles. The fraction of sp³-hybridized carbons (Fsp3) is 0.286. The molecule has 9 heteroatoms. The molecule has 0 saturated carbocycles. The summed E-state index contributed by atoms with van der Waals surface area (Å²) in [6.07, 6.45) is 0.992. The molecule has 0 N–H and O–H groups in total. The second-order valence-corrected chi connectivity index (χ2v) is 6.73. The third kappa shape index (κ3) is 2.91. The Morgan fingerprint density at radius 2 is 1.70 bits per heavy atom. The summed E-state index contributed by atoms with van der Waals surface area (Å²) in [5.41, 5.74) is -1.31. The maximum Gasteiger partial charge on any atom is 0.330 e. The van der Waals surface area contributed by atoms with Gasteiger partial charge in [-0.15, -0.1) is 0 Å². The first-order valence-electron chi connectivity index (χ1n) is 6.75. The molecular weight excluding hydrogens is 325 g/mol. The molecule has 0 aliphatic heterocycles. The lowest BCUT2D eigenvalue weighted by Crippen LogP contribution is -2.42. The molecule has 0 aliphatic carbocycles. The molecule has 0 aliphatic rings. The van der Waals surface area contributed by atoms with Crippen molar-refractivity contribution < 1.29 is 12.8 Å². The Hall–Kier alpha value is -2.42. The van der Waals surface area contributed by atoms with Crippen molar-refractivity contribution in [2.75, 3.05) is 10.8 Å². The van der Waals surface area contributed by atoms with E-state index < -0.39 is 32.0 Å². The van der Waals surface area contributed by atoms with E-state index in [1.807, 2.05) is 0 Å². The molecule has 1 aromatic heterocycles. The van der Waals surface area contributed by atoms with Crippen LogP contribution in [0.3, 0.4) is 0 Å². The van der Waals surface area contributed by atoms with Crippen LogP contribution in [0.2, 0.25) is 0 Å². The molecule has 0 radical (unpaired) electrons. The Balaban J connectivity index is 2.68. The van der Waals surface area contributed by atoms with Gasteiger partial charge < -0.3 is 4.57 Å². The standard InChI is InChI=1S/C14H16FN3O4S/c1-4-18(11-7-5-10(15)6-8-11)23(21,22)12-9-16(2)14(20)17(3)13(12)19/h5-9H,4H2,1-3H3. The molecular formula is C14H16FN3O4S. The van der Waals surface area contributed by atoms with Crippen LogP contribution >= 0.6 is 0 Å². The van der Waals surface area contributed by atoms with E-state index >= 15 is 0 Å². The topological polar surface area (TPSA) is 81.4 Å². The van der Waals surface area contributed by atoms with Crippen molar-refractivity contribution in [3.63, 3.8) is 0 Å². The summed E-state index contributed by atoms with van der Waals surface area (Å²) in [6, 6.07) is 4.88. The molecule has 0 atom stereocenters. The van der Waals surface area contributed by atoms with Crippen molar-refractivity contribution in [2.45, 2.75) is 11.8 Å². The minimum absolute atomic E-state index is 0.0416. The van der Waals surface area contributed by atoms with Crippen molar-refractivity contribution in [2.24, 2.45) is 14.1 Å². The summed E-state index contributed by atoms with van der Waals surface area (Å²) in [4.78, 5) is 23.3. The maximum atomic E-state index is 13.0. The van der Waals surface area contributed by atoms with Gasteiger partial charge in [0.05, 0.1) is 5.69 Å². The molecule has 7 nitrogen and oxygen atoms in total. The highest BCUT2D eigenvalue weighted by molar-refractivity contribution is 7.92. The predicted octanol–water partition coefficient (Wildman–Crippen LogP) is 0.438. The van der Waals surface area contributed by atoms with Crippen molar-refractivity contribution in [1.29, 1.82) is 0 Å². The Labute approximate surface area is 132 Å². The SMILES string of the molecule is CCN(c1ccc(F)cc1)S(=O)(=O)c1cn(C)c(=O)n(C)c1=O. The Morgan fingerprint density at radius 1 is 1.13 bits per heavy atom. The number of anilines is 1. The third-order valence-corrected chi connectivity index (χ3v) is 5.27. The minimum Gasteiger partial charge on any atom is -0.302 e. The van der Waals surface area contributed by atoms with E-state index in [2.05, 4.69) is 0 Å². The van der Waals surface area contributed by atoms with Gasteiger partial charge in [0.25, 0.3) is 15.6 Å². The van der Waals surface area contributed by atoms with E-state index in [-0.39, 0.29) is 12.2 Å². The van der Waals surface area contributed by atoms with E-state index in [1.54, 1.807) is 6.92 Å². The monoisotopic (exact) mass is 341 g/mol. The molecule has 2 rings (SSSR count). The largest absolute Gasteiger partial charge is 0.330 e. The van der Waals surface area contributed by atoms with Gasteiger partial charge in [0.1, 0.15) is 5.82 Å². The van der Waals surface area contributed by atoms with E-state index in [4.69, 9.17) is 0 Å². The van der Waals surface area contributed by atoms with Gasteiger partial charge in [-0.05, 0) is 31.2 Å². The van der Waals surface area contributed by atoms with Crippen LogP contribution in [0.25, 0.3) is 0 Å². The van der Waals surface area contributed by atoms with Gasteiger partial charge in [-0.2, -0.15) is 0 Å². The Bertz CT molecular complexity index is 945. The minimum atomic E-state index is -4.19. The lowest BCUT2D eigenvalue weighted by molar-refractivity contribution is 0.580. The van der Waals surface area contributed by atoms with Crippen LogP contribution in [-0.4, -0.2) is 24.1 Å².